The van der Waals surface area contributed by atoms with E-state index in [0.29, 0.717) is 6.07 Å². The fourth-order valence-electron chi connectivity index (χ4n) is 1.20. The molecule has 3 nitrogen and oxygen atoms in total. The van der Waals surface area contributed by atoms with Crippen molar-refractivity contribution in [1.29, 1.82) is 5.26 Å². The lowest BCUT2D eigenvalue weighted by atomic mass is 10.0. The third-order valence-electron chi connectivity index (χ3n) is 1.96. The van der Waals surface area contributed by atoms with E-state index in [1.165, 1.54) is 0 Å². The topological polar surface area (TPSA) is 50.1 Å². The van der Waals surface area contributed by atoms with Crippen molar-refractivity contribution in [3.63, 3.8) is 0 Å². The summed E-state index contributed by atoms with van der Waals surface area (Å²) in [4.78, 5) is 11.3. The molecular formula is C10H5ClF3NO2. The number of nitriles is 1. The van der Waals surface area contributed by atoms with Crippen molar-refractivity contribution in [3.05, 3.63) is 33.8 Å². The van der Waals surface area contributed by atoms with Crippen molar-refractivity contribution >= 4 is 17.6 Å². The highest BCUT2D eigenvalue weighted by Crippen LogP contribution is 2.36. The van der Waals surface area contributed by atoms with Crippen LogP contribution in [-0.4, -0.2) is 13.1 Å². The van der Waals surface area contributed by atoms with E-state index >= 15 is 0 Å². The zero-order chi connectivity index (χ0) is 13.2. The second-order valence-corrected chi connectivity index (χ2v) is 3.33. The van der Waals surface area contributed by atoms with Crippen LogP contribution in [-0.2, 0) is 10.9 Å². The van der Waals surface area contributed by atoms with Gasteiger partial charge in [-0.3, -0.25) is 0 Å². The van der Waals surface area contributed by atoms with Gasteiger partial charge in [-0.1, -0.05) is 11.6 Å². The molecule has 0 N–H and O–H groups in total. The van der Waals surface area contributed by atoms with Crippen LogP contribution in [0.1, 0.15) is 21.5 Å². The van der Waals surface area contributed by atoms with E-state index in [1.807, 2.05) is 0 Å². The molecule has 0 spiro atoms. The summed E-state index contributed by atoms with van der Waals surface area (Å²) in [5, 5.41) is 8.06. The van der Waals surface area contributed by atoms with Crippen LogP contribution in [0.2, 0.25) is 5.02 Å². The highest BCUT2D eigenvalue weighted by Gasteiger charge is 2.37. The molecule has 0 bridgehead atoms. The van der Waals surface area contributed by atoms with Gasteiger partial charge in [0, 0.05) is 0 Å². The number of alkyl halides is 3. The van der Waals surface area contributed by atoms with Crippen LogP contribution in [0.4, 0.5) is 13.2 Å². The molecule has 17 heavy (non-hydrogen) atoms. The predicted octanol–water partition coefficient (Wildman–Crippen LogP) is 3.02. The molecule has 0 amide bonds. The first-order valence-electron chi connectivity index (χ1n) is 4.21. The molecule has 0 saturated carbocycles. The van der Waals surface area contributed by atoms with E-state index < -0.39 is 28.3 Å². The van der Waals surface area contributed by atoms with Gasteiger partial charge in [0.15, 0.2) is 0 Å². The zero-order valence-electron chi connectivity index (χ0n) is 8.43. The molecule has 0 radical (unpaired) electrons. The number of esters is 1. The first kappa shape index (κ1) is 13.3. The molecule has 0 aliphatic rings. The van der Waals surface area contributed by atoms with Crippen molar-refractivity contribution < 1.29 is 22.7 Å². The molecule has 0 aliphatic carbocycles. The van der Waals surface area contributed by atoms with E-state index in [1.54, 1.807) is 6.07 Å². The number of halogens is 4. The molecule has 0 aliphatic heterocycles. The van der Waals surface area contributed by atoms with Gasteiger partial charge < -0.3 is 4.74 Å². The minimum absolute atomic E-state index is 0.222. The number of nitrogens with zero attached hydrogens (tertiary/aromatic N) is 1. The van der Waals surface area contributed by atoms with Gasteiger partial charge in [-0.05, 0) is 12.1 Å². The molecule has 0 saturated heterocycles. The van der Waals surface area contributed by atoms with Crippen LogP contribution in [0.5, 0.6) is 0 Å². The second-order valence-electron chi connectivity index (χ2n) is 2.95. The maximum Gasteiger partial charge on any atom is 0.417 e. The summed E-state index contributed by atoms with van der Waals surface area (Å²) in [6.45, 7) is 0. The third kappa shape index (κ3) is 2.50. The highest BCUT2D eigenvalue weighted by atomic mass is 35.5. The normalized spacial score (nSPS) is 10.8. The lowest BCUT2D eigenvalue weighted by molar-refractivity contribution is -0.138. The SMILES string of the molecule is COC(=O)c1c(C(F)(F)F)ccc(C#N)c1Cl. The summed E-state index contributed by atoms with van der Waals surface area (Å²) in [6.07, 6.45) is -4.75. The van der Waals surface area contributed by atoms with E-state index in [-0.39, 0.29) is 5.56 Å². The largest absolute Gasteiger partial charge is 0.465 e. The second kappa shape index (κ2) is 4.63. The van der Waals surface area contributed by atoms with Crippen molar-refractivity contribution in [1.82, 2.24) is 0 Å². The fourth-order valence-corrected chi connectivity index (χ4v) is 1.48. The number of hydrogen-bond acceptors (Lipinski definition) is 3. The van der Waals surface area contributed by atoms with Crippen LogP contribution in [0.15, 0.2) is 12.1 Å². The van der Waals surface area contributed by atoms with Crippen molar-refractivity contribution in [3.8, 4) is 6.07 Å². The fraction of sp³-hybridized carbons (Fsp3) is 0.200. The Kier molecular flexibility index (Phi) is 3.63. The van der Waals surface area contributed by atoms with Crippen LogP contribution in [0.25, 0.3) is 0 Å². The van der Waals surface area contributed by atoms with Gasteiger partial charge in [0.1, 0.15) is 6.07 Å². The summed E-state index contributed by atoms with van der Waals surface area (Å²) >= 11 is 5.57. The highest BCUT2D eigenvalue weighted by molar-refractivity contribution is 6.35. The summed E-state index contributed by atoms with van der Waals surface area (Å²) in [6, 6.07) is 3.11. The summed E-state index contributed by atoms with van der Waals surface area (Å²) in [7, 11) is 0.928. The molecule has 0 atom stereocenters. The molecule has 0 unspecified atom stereocenters. The molecule has 1 aromatic carbocycles. The first-order chi connectivity index (χ1) is 7.82. The maximum absolute atomic E-state index is 12.6. The molecule has 0 heterocycles. The summed E-state index contributed by atoms with van der Waals surface area (Å²) in [5.74, 6) is -1.24. The van der Waals surface area contributed by atoms with E-state index in [2.05, 4.69) is 4.74 Å². The van der Waals surface area contributed by atoms with E-state index in [4.69, 9.17) is 16.9 Å². The Morgan fingerprint density at radius 2 is 2.06 bits per heavy atom. The average molecular weight is 264 g/mol. The summed E-state index contributed by atoms with van der Waals surface area (Å²) in [5.41, 5.74) is -2.30. The Balaban J connectivity index is 3.60. The Hall–Kier alpha value is -1.74. The first-order valence-corrected chi connectivity index (χ1v) is 4.58. The van der Waals surface area contributed by atoms with Gasteiger partial charge in [0.05, 0.1) is 28.8 Å². The molecule has 7 heteroatoms. The Morgan fingerprint density at radius 1 is 1.47 bits per heavy atom. The molecule has 1 rings (SSSR count). The van der Waals surface area contributed by atoms with Gasteiger partial charge in [-0.25, -0.2) is 4.79 Å². The van der Waals surface area contributed by atoms with Gasteiger partial charge in [-0.15, -0.1) is 0 Å². The Morgan fingerprint density at radius 3 is 2.47 bits per heavy atom. The van der Waals surface area contributed by atoms with E-state index in [0.717, 1.165) is 13.2 Å². The van der Waals surface area contributed by atoms with E-state index in [9.17, 15) is 18.0 Å². The van der Waals surface area contributed by atoms with Crippen LogP contribution in [0, 0.1) is 11.3 Å². The van der Waals surface area contributed by atoms with Crippen molar-refractivity contribution in [2.45, 2.75) is 6.18 Å². The lowest BCUT2D eigenvalue weighted by Crippen LogP contribution is -2.15. The lowest BCUT2D eigenvalue weighted by Gasteiger charge is -2.13. The minimum Gasteiger partial charge on any atom is -0.465 e. The molecule has 90 valence electrons. The van der Waals surface area contributed by atoms with Gasteiger partial charge in [0.25, 0.3) is 0 Å². The maximum atomic E-state index is 12.6. The smallest absolute Gasteiger partial charge is 0.417 e. The quantitative estimate of drug-likeness (QED) is 0.732. The summed E-state index contributed by atoms with van der Waals surface area (Å²) < 4.78 is 42.1. The molecule has 1 aromatic rings. The Labute approximate surface area is 99.4 Å². The Bertz CT molecular complexity index is 505. The van der Waals surface area contributed by atoms with Crippen LogP contribution >= 0.6 is 11.6 Å². The van der Waals surface area contributed by atoms with Gasteiger partial charge in [0.2, 0.25) is 0 Å². The minimum atomic E-state index is -4.75. The number of ether oxygens (including phenoxy) is 1. The molecule has 0 fully saturated rings. The molecular weight excluding hydrogens is 259 g/mol. The number of carbonyl (C=O) groups is 1. The van der Waals surface area contributed by atoms with Crippen LogP contribution in [0.3, 0.4) is 0 Å². The average Bonchev–Trinajstić information content (AvgIpc) is 2.26. The van der Waals surface area contributed by atoms with Crippen LogP contribution < -0.4 is 0 Å². The predicted molar refractivity (Wildman–Crippen MR) is 52.5 cm³/mol. The van der Waals surface area contributed by atoms with Gasteiger partial charge >= 0.3 is 12.1 Å². The zero-order valence-corrected chi connectivity index (χ0v) is 9.19. The standard InChI is InChI=1S/C10H5ClF3NO2/c1-17-9(16)7-6(10(12,13)14)3-2-5(4-15)8(7)11/h2-3H,1H3. The molecule has 0 aromatic heterocycles. The van der Waals surface area contributed by atoms with Crippen molar-refractivity contribution in [2.75, 3.05) is 7.11 Å². The number of carbonyl (C=O) groups excluding carboxylic acids is 1. The number of methoxy groups -OCH3 is 1. The number of hydrogen-bond donors (Lipinski definition) is 0. The third-order valence-corrected chi connectivity index (χ3v) is 2.35. The van der Waals surface area contributed by atoms with Gasteiger partial charge in [-0.2, -0.15) is 18.4 Å². The van der Waals surface area contributed by atoms with Crippen molar-refractivity contribution in [2.24, 2.45) is 0 Å². The monoisotopic (exact) mass is 263 g/mol. The number of rotatable bonds is 1. The number of benzene rings is 1.